The Balaban J connectivity index is 3.60. The number of amides is 3. The first-order chi connectivity index (χ1) is 16.5. The highest BCUT2D eigenvalue weighted by atomic mass is 16.6. The zero-order valence-corrected chi connectivity index (χ0v) is 24.3. The van der Waals surface area contributed by atoms with Crippen LogP contribution in [0.3, 0.4) is 0 Å². The van der Waals surface area contributed by atoms with Crippen LogP contribution in [0, 0.1) is 5.92 Å². The molecule has 7 nitrogen and oxygen atoms in total. The summed E-state index contributed by atoms with van der Waals surface area (Å²) in [6, 6.07) is 5.92. The molecule has 4 unspecified atom stereocenters. The Hall–Kier alpha value is -2.57. The minimum Gasteiger partial charge on any atom is -0.444 e. The summed E-state index contributed by atoms with van der Waals surface area (Å²) in [6.45, 7) is 21.0. The minimum absolute atomic E-state index is 0.162. The highest BCUT2D eigenvalue weighted by Gasteiger charge is 2.40. The summed E-state index contributed by atoms with van der Waals surface area (Å²) in [5, 5.41) is 5.88. The molecule has 0 aliphatic rings. The number of nitrogens with zero attached hydrogens (tertiary/aromatic N) is 1. The Kier molecular flexibility index (Phi) is 11.5. The largest absolute Gasteiger partial charge is 0.444 e. The molecule has 1 rings (SSSR count). The lowest BCUT2D eigenvalue weighted by Crippen LogP contribution is -2.58. The van der Waals surface area contributed by atoms with Gasteiger partial charge in [0.05, 0.1) is 0 Å². The van der Waals surface area contributed by atoms with Crippen molar-refractivity contribution in [2.75, 3.05) is 0 Å². The number of rotatable bonds is 10. The molecule has 1 aromatic carbocycles. The number of hydrogen-bond acceptors (Lipinski definition) is 4. The van der Waals surface area contributed by atoms with Gasteiger partial charge >= 0.3 is 6.09 Å². The normalized spacial score (nSPS) is 15.3. The summed E-state index contributed by atoms with van der Waals surface area (Å²) in [5.41, 5.74) is 0.718. The Morgan fingerprint density at radius 2 is 1.47 bits per heavy atom. The van der Waals surface area contributed by atoms with E-state index in [0.717, 1.165) is 17.5 Å². The van der Waals surface area contributed by atoms with Crippen LogP contribution in [0.2, 0.25) is 0 Å². The van der Waals surface area contributed by atoms with E-state index in [1.54, 1.807) is 25.7 Å². The predicted molar refractivity (Wildman–Crippen MR) is 146 cm³/mol. The van der Waals surface area contributed by atoms with E-state index in [2.05, 4.69) is 17.6 Å². The lowest BCUT2D eigenvalue weighted by Gasteiger charge is -2.40. The van der Waals surface area contributed by atoms with Gasteiger partial charge in [-0.3, -0.25) is 9.59 Å². The van der Waals surface area contributed by atoms with Crippen molar-refractivity contribution in [2.24, 2.45) is 5.92 Å². The van der Waals surface area contributed by atoms with Gasteiger partial charge in [0.2, 0.25) is 11.8 Å². The lowest BCUT2D eigenvalue weighted by molar-refractivity contribution is -0.146. The van der Waals surface area contributed by atoms with E-state index in [9.17, 15) is 14.4 Å². The van der Waals surface area contributed by atoms with E-state index >= 15 is 0 Å². The number of benzene rings is 1. The lowest BCUT2D eigenvalue weighted by atomic mass is 9.93. The number of ether oxygens (including phenoxy) is 1. The van der Waals surface area contributed by atoms with E-state index in [4.69, 9.17) is 4.74 Å². The van der Waals surface area contributed by atoms with Crippen LogP contribution in [-0.2, 0) is 20.7 Å². The van der Waals surface area contributed by atoms with Crippen LogP contribution in [0.25, 0.3) is 0 Å². The molecule has 1 aromatic rings. The van der Waals surface area contributed by atoms with Crippen LogP contribution < -0.4 is 10.6 Å². The summed E-state index contributed by atoms with van der Waals surface area (Å²) >= 11 is 0. The molecule has 3 amide bonds. The first-order valence-electron chi connectivity index (χ1n) is 13.3. The summed E-state index contributed by atoms with van der Waals surface area (Å²) < 4.78 is 5.46. The molecule has 0 bridgehead atoms. The quantitative estimate of drug-likeness (QED) is 0.424. The first-order valence-corrected chi connectivity index (χ1v) is 13.3. The Bertz CT molecular complexity index is 868. The van der Waals surface area contributed by atoms with Crippen LogP contribution in [0.5, 0.6) is 0 Å². The fourth-order valence-corrected chi connectivity index (χ4v) is 3.89. The maximum atomic E-state index is 14.2. The van der Waals surface area contributed by atoms with E-state index in [1.807, 2.05) is 72.7 Å². The summed E-state index contributed by atoms with van der Waals surface area (Å²) in [5.74, 6) is -0.705. The molecule has 0 aliphatic heterocycles. The second kappa shape index (κ2) is 13.1. The SMILES string of the molecule is CCc1ccc(C(C(=O)NC(C)(C)C)N(C(=O)C(NC(=O)OC(C)(C)C)C(C)CC)C(C)CC)cc1. The van der Waals surface area contributed by atoms with Gasteiger partial charge in [0, 0.05) is 11.6 Å². The van der Waals surface area contributed by atoms with Crippen molar-refractivity contribution < 1.29 is 19.1 Å². The molecule has 0 saturated heterocycles. The second-order valence-corrected chi connectivity index (χ2v) is 11.7. The molecule has 0 saturated carbocycles. The smallest absolute Gasteiger partial charge is 0.408 e. The van der Waals surface area contributed by atoms with Crippen molar-refractivity contribution in [1.29, 1.82) is 0 Å². The van der Waals surface area contributed by atoms with Gasteiger partial charge in [0.25, 0.3) is 0 Å². The van der Waals surface area contributed by atoms with Gasteiger partial charge in [-0.25, -0.2) is 4.79 Å². The molecule has 0 spiro atoms. The van der Waals surface area contributed by atoms with Crippen molar-refractivity contribution in [2.45, 2.75) is 125 Å². The van der Waals surface area contributed by atoms with Crippen LogP contribution in [0.15, 0.2) is 24.3 Å². The first kappa shape index (κ1) is 31.5. The van der Waals surface area contributed by atoms with E-state index < -0.39 is 29.3 Å². The standard InChI is InChI=1S/C29H49N3O4/c1-12-19(4)23(30-27(35)36-29(9,10)11)26(34)32(20(5)13-2)24(25(33)31-28(6,7)8)22-17-15-21(14-3)16-18-22/h15-20,23-24H,12-14H2,1-11H3,(H,30,35)(H,31,33). The van der Waals surface area contributed by atoms with Crippen LogP contribution >= 0.6 is 0 Å². The number of alkyl carbamates (subject to hydrolysis) is 1. The van der Waals surface area contributed by atoms with Crippen molar-refractivity contribution in [3.8, 4) is 0 Å². The summed E-state index contributed by atoms with van der Waals surface area (Å²) in [6.07, 6.45) is 1.55. The second-order valence-electron chi connectivity index (χ2n) is 11.7. The molecular formula is C29H49N3O4. The third-order valence-corrected chi connectivity index (χ3v) is 6.20. The fraction of sp³-hybridized carbons (Fsp3) is 0.690. The molecule has 0 radical (unpaired) electrons. The van der Waals surface area contributed by atoms with Gasteiger partial charge in [-0.2, -0.15) is 0 Å². The number of nitrogens with one attached hydrogen (secondary N) is 2. The molecule has 7 heteroatoms. The highest BCUT2D eigenvalue weighted by Crippen LogP contribution is 2.29. The number of aryl methyl sites for hydroxylation is 1. The molecule has 2 N–H and O–H groups in total. The van der Waals surface area contributed by atoms with Crippen molar-refractivity contribution in [3.05, 3.63) is 35.4 Å². The third kappa shape index (κ3) is 9.47. The maximum Gasteiger partial charge on any atom is 0.408 e. The fourth-order valence-electron chi connectivity index (χ4n) is 3.89. The number of carbonyl (C=O) groups excluding carboxylic acids is 3. The average molecular weight is 504 g/mol. The van der Waals surface area contributed by atoms with Crippen LogP contribution in [0.1, 0.15) is 106 Å². The topological polar surface area (TPSA) is 87.7 Å². The van der Waals surface area contributed by atoms with Crippen molar-refractivity contribution in [3.63, 3.8) is 0 Å². The van der Waals surface area contributed by atoms with Crippen LogP contribution in [-0.4, -0.2) is 46.0 Å². The predicted octanol–water partition coefficient (Wildman–Crippen LogP) is 5.77. The zero-order chi connectivity index (χ0) is 27.8. The van der Waals surface area contributed by atoms with Gasteiger partial charge in [-0.1, -0.05) is 58.4 Å². The van der Waals surface area contributed by atoms with Gasteiger partial charge < -0.3 is 20.3 Å². The average Bonchev–Trinajstić information content (AvgIpc) is 2.77. The van der Waals surface area contributed by atoms with Crippen molar-refractivity contribution in [1.82, 2.24) is 15.5 Å². The molecule has 0 aromatic heterocycles. The van der Waals surface area contributed by atoms with Gasteiger partial charge in [-0.15, -0.1) is 0 Å². The summed E-state index contributed by atoms with van der Waals surface area (Å²) in [4.78, 5) is 42.3. The zero-order valence-electron chi connectivity index (χ0n) is 24.3. The molecular weight excluding hydrogens is 454 g/mol. The maximum absolute atomic E-state index is 14.2. The summed E-state index contributed by atoms with van der Waals surface area (Å²) in [7, 11) is 0. The highest BCUT2D eigenvalue weighted by molar-refractivity contribution is 5.92. The number of hydrogen-bond donors (Lipinski definition) is 2. The third-order valence-electron chi connectivity index (χ3n) is 6.20. The van der Waals surface area contributed by atoms with E-state index in [-0.39, 0.29) is 23.8 Å². The van der Waals surface area contributed by atoms with Gasteiger partial charge in [0.1, 0.15) is 17.7 Å². The molecule has 0 heterocycles. The van der Waals surface area contributed by atoms with E-state index in [1.165, 1.54) is 0 Å². The van der Waals surface area contributed by atoms with Crippen molar-refractivity contribution >= 4 is 17.9 Å². The molecule has 0 aliphatic carbocycles. The Morgan fingerprint density at radius 3 is 1.89 bits per heavy atom. The van der Waals surface area contributed by atoms with Gasteiger partial charge in [-0.05, 0) is 78.4 Å². The van der Waals surface area contributed by atoms with Crippen LogP contribution in [0.4, 0.5) is 4.79 Å². The number of carbonyl (C=O) groups is 3. The van der Waals surface area contributed by atoms with Gasteiger partial charge in [0.15, 0.2) is 0 Å². The molecule has 36 heavy (non-hydrogen) atoms. The molecule has 0 fully saturated rings. The molecule has 204 valence electrons. The monoisotopic (exact) mass is 503 g/mol. The van der Waals surface area contributed by atoms with E-state index in [0.29, 0.717) is 12.8 Å². The minimum atomic E-state index is -0.843. The Labute approximate surface area is 218 Å². The Morgan fingerprint density at radius 1 is 0.917 bits per heavy atom. The molecule has 4 atom stereocenters.